The van der Waals surface area contributed by atoms with E-state index in [2.05, 4.69) is 240 Å². The number of hydrogen-bond donors (Lipinski definition) is 0. The maximum absolute atomic E-state index is 5.19. The van der Waals surface area contributed by atoms with Gasteiger partial charge in [-0.15, -0.1) is 0 Å². The highest BCUT2D eigenvalue weighted by molar-refractivity contribution is 6.12. The molecule has 0 amide bonds. The molecule has 0 N–H and O–H groups in total. The zero-order chi connectivity index (χ0) is 41.0. The first kappa shape index (κ1) is 35.7. The minimum absolute atomic E-state index is 0.949. The predicted molar refractivity (Wildman–Crippen MR) is 260 cm³/mol. The van der Waals surface area contributed by atoms with Crippen LogP contribution >= 0.6 is 0 Å². The molecule has 0 spiro atoms. The number of nitrogens with zero attached hydrogens (tertiary/aromatic N) is 3. The van der Waals surface area contributed by atoms with Gasteiger partial charge in [-0.3, -0.25) is 0 Å². The van der Waals surface area contributed by atoms with Crippen LogP contribution in [0.4, 0.5) is 0 Å². The Morgan fingerprint density at radius 1 is 0.226 bits per heavy atom. The van der Waals surface area contributed by atoms with E-state index in [1.807, 2.05) is 6.07 Å². The molecule has 0 aliphatic rings. The average Bonchev–Trinajstić information content (AvgIpc) is 3.87. The van der Waals surface area contributed by atoms with Gasteiger partial charge in [0.1, 0.15) is 0 Å². The molecule has 290 valence electrons. The highest BCUT2D eigenvalue weighted by Gasteiger charge is 2.17. The Hall–Kier alpha value is -8.27. The molecular weight excluding hydrogens is 751 g/mol. The lowest BCUT2D eigenvalue weighted by atomic mass is 10.00. The van der Waals surface area contributed by atoms with E-state index in [1.165, 1.54) is 71.4 Å². The van der Waals surface area contributed by atoms with Gasteiger partial charge in [-0.2, -0.15) is 0 Å². The van der Waals surface area contributed by atoms with E-state index < -0.39 is 0 Å². The molecule has 0 aliphatic carbocycles. The summed E-state index contributed by atoms with van der Waals surface area (Å²) in [5.41, 5.74) is 18.2. The van der Waals surface area contributed by atoms with Gasteiger partial charge in [0.2, 0.25) is 0 Å². The van der Waals surface area contributed by atoms with Crippen molar-refractivity contribution in [2.45, 2.75) is 0 Å². The fourth-order valence-electron chi connectivity index (χ4n) is 9.33. The number of rotatable bonds is 7. The quantitative estimate of drug-likeness (QED) is 0.158. The molecule has 62 heavy (non-hydrogen) atoms. The molecule has 9 aromatic carbocycles. The molecule has 3 aromatic heterocycles. The smallest absolute Gasteiger partial charge is 0.0715 e. The Balaban J connectivity index is 0.939. The highest BCUT2D eigenvalue weighted by atomic mass is 15.0. The summed E-state index contributed by atoms with van der Waals surface area (Å²) in [6.45, 7) is 0. The van der Waals surface area contributed by atoms with E-state index in [1.54, 1.807) is 0 Å². The molecule has 0 atom stereocenters. The molecule has 0 radical (unpaired) electrons. The summed E-state index contributed by atoms with van der Waals surface area (Å²) < 4.78 is 4.79. The van der Waals surface area contributed by atoms with Gasteiger partial charge in [-0.25, -0.2) is 4.98 Å². The van der Waals surface area contributed by atoms with Crippen LogP contribution in [0.3, 0.4) is 0 Å². The number of benzene rings is 9. The van der Waals surface area contributed by atoms with Gasteiger partial charge < -0.3 is 9.13 Å². The molecule has 0 bridgehead atoms. The lowest BCUT2D eigenvalue weighted by Gasteiger charge is -2.12. The monoisotopic (exact) mass is 789 g/mol. The zero-order valence-electron chi connectivity index (χ0n) is 33.9. The van der Waals surface area contributed by atoms with E-state index >= 15 is 0 Å². The van der Waals surface area contributed by atoms with E-state index in [-0.39, 0.29) is 0 Å². The lowest BCUT2D eigenvalue weighted by molar-refractivity contribution is 1.18. The fourth-order valence-corrected chi connectivity index (χ4v) is 9.33. The second-order valence-corrected chi connectivity index (χ2v) is 16.0. The third-order valence-electron chi connectivity index (χ3n) is 12.3. The third kappa shape index (κ3) is 6.10. The van der Waals surface area contributed by atoms with Gasteiger partial charge in [0.05, 0.1) is 33.5 Å². The Morgan fingerprint density at radius 3 is 1.19 bits per heavy atom. The normalized spacial score (nSPS) is 11.5. The molecular formula is C59H39N3. The summed E-state index contributed by atoms with van der Waals surface area (Å²) >= 11 is 0. The third-order valence-corrected chi connectivity index (χ3v) is 12.3. The first-order valence-corrected chi connectivity index (χ1v) is 21.2. The SMILES string of the molecule is c1ccc(-c2cccc(-n3c4ccccc4c4cc(-c5ccc6c(c5)c5ccccc5n6-c5ccc(-c6cc(-c7ccccc7)cc(-c7ccccc7)n6)cc5)ccc43)c2)cc1. The molecule has 0 unspecified atom stereocenters. The summed E-state index contributed by atoms with van der Waals surface area (Å²) in [6.07, 6.45) is 0. The van der Waals surface area contributed by atoms with E-state index in [9.17, 15) is 0 Å². The fraction of sp³-hybridized carbons (Fsp3) is 0. The summed E-state index contributed by atoms with van der Waals surface area (Å²) in [5, 5.41) is 4.95. The van der Waals surface area contributed by atoms with Gasteiger partial charge in [-0.1, -0.05) is 164 Å². The van der Waals surface area contributed by atoms with Gasteiger partial charge in [0.25, 0.3) is 0 Å². The summed E-state index contributed by atoms with van der Waals surface area (Å²) in [5.74, 6) is 0. The van der Waals surface area contributed by atoms with Crippen LogP contribution in [-0.4, -0.2) is 14.1 Å². The molecule has 0 saturated heterocycles. The lowest BCUT2D eigenvalue weighted by Crippen LogP contribution is -1.95. The van der Waals surface area contributed by atoms with Crippen LogP contribution in [-0.2, 0) is 0 Å². The van der Waals surface area contributed by atoms with Crippen molar-refractivity contribution in [3.05, 3.63) is 237 Å². The van der Waals surface area contributed by atoms with Crippen molar-refractivity contribution in [1.82, 2.24) is 14.1 Å². The van der Waals surface area contributed by atoms with Crippen LogP contribution in [0.1, 0.15) is 0 Å². The molecule has 0 aliphatic heterocycles. The number of pyridine rings is 1. The van der Waals surface area contributed by atoms with Crippen molar-refractivity contribution in [2.24, 2.45) is 0 Å². The summed E-state index contributed by atoms with van der Waals surface area (Å²) in [6, 6.07) is 85.2. The van der Waals surface area contributed by atoms with Crippen molar-refractivity contribution >= 4 is 43.6 Å². The first-order valence-electron chi connectivity index (χ1n) is 21.2. The highest BCUT2D eigenvalue weighted by Crippen LogP contribution is 2.39. The predicted octanol–water partition coefficient (Wildman–Crippen LogP) is 15.6. The molecule has 12 rings (SSSR count). The van der Waals surface area contributed by atoms with Crippen LogP contribution in [0.25, 0.3) is 111 Å². The van der Waals surface area contributed by atoms with Crippen LogP contribution in [0.15, 0.2) is 237 Å². The van der Waals surface area contributed by atoms with E-state index in [0.29, 0.717) is 0 Å². The maximum Gasteiger partial charge on any atom is 0.0715 e. The average molecular weight is 790 g/mol. The number of para-hydroxylation sites is 2. The zero-order valence-corrected chi connectivity index (χ0v) is 33.9. The van der Waals surface area contributed by atoms with Crippen molar-refractivity contribution in [3.63, 3.8) is 0 Å². The molecule has 3 heterocycles. The molecule has 3 heteroatoms. The van der Waals surface area contributed by atoms with Crippen LogP contribution in [0, 0.1) is 0 Å². The standard InChI is InChI=1S/C59H39N3/c1-4-15-40(16-5-1)44-21-14-22-49(35-44)62-57-26-13-11-24-51(57)53-37-46(30-34-59(53)62)45-29-33-58-52(36-45)50-23-10-12-25-56(50)61(58)48-31-27-43(28-32-48)55-39-47(41-17-6-2-7-18-41)38-54(60-55)42-19-8-3-9-20-42/h1-39H. The van der Waals surface area contributed by atoms with Gasteiger partial charge in [0, 0.05) is 44.0 Å². The van der Waals surface area contributed by atoms with Gasteiger partial charge in [0.15, 0.2) is 0 Å². The van der Waals surface area contributed by atoms with Crippen molar-refractivity contribution in [3.8, 4) is 67.3 Å². The molecule has 12 aromatic rings. The topological polar surface area (TPSA) is 22.8 Å². The molecule has 0 saturated carbocycles. The Morgan fingerprint density at radius 2 is 0.629 bits per heavy atom. The van der Waals surface area contributed by atoms with Crippen molar-refractivity contribution in [1.29, 1.82) is 0 Å². The van der Waals surface area contributed by atoms with Crippen molar-refractivity contribution in [2.75, 3.05) is 0 Å². The minimum Gasteiger partial charge on any atom is -0.309 e. The molecule has 3 nitrogen and oxygen atoms in total. The van der Waals surface area contributed by atoms with E-state index in [4.69, 9.17) is 4.98 Å². The van der Waals surface area contributed by atoms with Gasteiger partial charge >= 0.3 is 0 Å². The second-order valence-electron chi connectivity index (χ2n) is 16.0. The van der Waals surface area contributed by atoms with Gasteiger partial charge in [-0.05, 0) is 106 Å². The van der Waals surface area contributed by atoms with E-state index in [0.717, 1.165) is 39.5 Å². The Labute approximate surface area is 360 Å². The van der Waals surface area contributed by atoms with Crippen LogP contribution in [0.2, 0.25) is 0 Å². The Bertz CT molecular complexity index is 3540. The number of fused-ring (bicyclic) bond motifs is 6. The summed E-state index contributed by atoms with van der Waals surface area (Å²) in [7, 11) is 0. The maximum atomic E-state index is 5.19. The second kappa shape index (κ2) is 14.8. The number of hydrogen-bond acceptors (Lipinski definition) is 1. The molecule has 0 fully saturated rings. The van der Waals surface area contributed by atoms with Crippen LogP contribution in [0.5, 0.6) is 0 Å². The van der Waals surface area contributed by atoms with Crippen molar-refractivity contribution < 1.29 is 0 Å². The Kier molecular flexibility index (Phi) is 8.50. The van der Waals surface area contributed by atoms with Crippen LogP contribution < -0.4 is 0 Å². The largest absolute Gasteiger partial charge is 0.309 e. The number of aromatic nitrogens is 3. The summed E-state index contributed by atoms with van der Waals surface area (Å²) in [4.78, 5) is 5.19. The first-order chi connectivity index (χ1) is 30.7. The minimum atomic E-state index is 0.949.